The first kappa shape index (κ1) is 16.9. The van der Waals surface area contributed by atoms with E-state index < -0.39 is 0 Å². The second-order valence-electron chi connectivity index (χ2n) is 5.70. The van der Waals surface area contributed by atoms with Crippen LogP contribution in [0.4, 0.5) is 17.2 Å². The van der Waals surface area contributed by atoms with Crippen LogP contribution in [0.25, 0.3) is 0 Å². The molecule has 0 aliphatic heterocycles. The van der Waals surface area contributed by atoms with Crippen molar-refractivity contribution in [1.29, 1.82) is 0 Å². The minimum atomic E-state index is -0.319. The molecular formula is C19H17ClN4O. The third kappa shape index (κ3) is 4.33. The van der Waals surface area contributed by atoms with Crippen molar-refractivity contribution in [1.82, 2.24) is 9.97 Å². The number of aryl methyl sites for hydroxylation is 2. The summed E-state index contributed by atoms with van der Waals surface area (Å²) in [7, 11) is 0. The van der Waals surface area contributed by atoms with Gasteiger partial charge in [-0.05, 0) is 49.2 Å². The summed E-state index contributed by atoms with van der Waals surface area (Å²) in [5, 5.41) is 6.56. The second kappa shape index (κ2) is 7.32. The Balaban J connectivity index is 1.78. The molecule has 25 heavy (non-hydrogen) atoms. The minimum absolute atomic E-state index is 0.268. The molecule has 0 atom stereocenters. The maximum absolute atomic E-state index is 12.5. The van der Waals surface area contributed by atoms with Gasteiger partial charge in [0, 0.05) is 22.5 Å². The summed E-state index contributed by atoms with van der Waals surface area (Å²) < 4.78 is 0. The molecule has 3 aromatic rings. The Morgan fingerprint density at radius 2 is 1.88 bits per heavy atom. The molecule has 6 heteroatoms. The molecule has 0 bridgehead atoms. The predicted octanol–water partition coefficient (Wildman–Crippen LogP) is 4.74. The number of hydrogen-bond donors (Lipinski definition) is 2. The molecule has 2 aromatic carbocycles. The first-order valence-corrected chi connectivity index (χ1v) is 8.12. The SMILES string of the molecule is Cc1cccc(Nc2cc(C(=O)Nc3cc(Cl)ccc3C)ncn2)c1. The lowest BCUT2D eigenvalue weighted by Crippen LogP contribution is -2.15. The van der Waals surface area contributed by atoms with Gasteiger partial charge in [-0.3, -0.25) is 4.79 Å². The summed E-state index contributed by atoms with van der Waals surface area (Å²) in [5.74, 6) is 0.230. The topological polar surface area (TPSA) is 66.9 Å². The van der Waals surface area contributed by atoms with Crippen molar-refractivity contribution in [2.75, 3.05) is 10.6 Å². The average molecular weight is 353 g/mol. The Hall–Kier alpha value is -2.92. The Bertz CT molecular complexity index is 927. The van der Waals surface area contributed by atoms with Gasteiger partial charge in [0.25, 0.3) is 5.91 Å². The molecular weight excluding hydrogens is 336 g/mol. The van der Waals surface area contributed by atoms with E-state index in [2.05, 4.69) is 20.6 Å². The monoisotopic (exact) mass is 352 g/mol. The van der Waals surface area contributed by atoms with Gasteiger partial charge >= 0.3 is 0 Å². The number of anilines is 3. The van der Waals surface area contributed by atoms with Gasteiger partial charge in [-0.25, -0.2) is 9.97 Å². The van der Waals surface area contributed by atoms with Gasteiger partial charge in [-0.1, -0.05) is 29.8 Å². The highest BCUT2D eigenvalue weighted by Gasteiger charge is 2.11. The molecule has 0 saturated carbocycles. The number of nitrogens with zero attached hydrogens (tertiary/aromatic N) is 2. The van der Waals surface area contributed by atoms with Crippen molar-refractivity contribution in [2.24, 2.45) is 0 Å². The van der Waals surface area contributed by atoms with Crippen molar-refractivity contribution >= 4 is 34.7 Å². The maximum atomic E-state index is 12.5. The zero-order valence-electron chi connectivity index (χ0n) is 13.9. The lowest BCUT2D eigenvalue weighted by Gasteiger charge is -2.10. The van der Waals surface area contributed by atoms with Crippen LogP contribution in [0.3, 0.4) is 0 Å². The molecule has 1 heterocycles. The van der Waals surface area contributed by atoms with E-state index in [4.69, 9.17) is 11.6 Å². The molecule has 2 N–H and O–H groups in total. The molecule has 3 rings (SSSR count). The Labute approximate surface area is 151 Å². The number of amides is 1. The number of hydrogen-bond acceptors (Lipinski definition) is 4. The van der Waals surface area contributed by atoms with Gasteiger partial charge in [-0.2, -0.15) is 0 Å². The third-order valence-corrected chi connectivity index (χ3v) is 3.87. The fourth-order valence-corrected chi connectivity index (χ4v) is 2.51. The molecule has 1 amide bonds. The number of rotatable bonds is 4. The minimum Gasteiger partial charge on any atom is -0.340 e. The van der Waals surface area contributed by atoms with Crippen LogP contribution in [-0.2, 0) is 0 Å². The summed E-state index contributed by atoms with van der Waals surface area (Å²) in [4.78, 5) is 20.7. The second-order valence-corrected chi connectivity index (χ2v) is 6.13. The lowest BCUT2D eigenvalue weighted by atomic mass is 10.2. The molecule has 5 nitrogen and oxygen atoms in total. The van der Waals surface area contributed by atoms with Crippen LogP contribution in [0.2, 0.25) is 5.02 Å². The predicted molar refractivity (Wildman–Crippen MR) is 101 cm³/mol. The number of benzene rings is 2. The van der Waals surface area contributed by atoms with E-state index in [1.165, 1.54) is 6.33 Å². The summed E-state index contributed by atoms with van der Waals surface area (Å²) in [6, 6.07) is 14.8. The van der Waals surface area contributed by atoms with Gasteiger partial charge in [0.15, 0.2) is 0 Å². The van der Waals surface area contributed by atoms with Gasteiger partial charge < -0.3 is 10.6 Å². The Kier molecular flexibility index (Phi) is 4.95. The van der Waals surface area contributed by atoms with E-state index in [1.807, 2.05) is 44.2 Å². The number of aromatic nitrogens is 2. The highest BCUT2D eigenvalue weighted by Crippen LogP contribution is 2.21. The standard InChI is InChI=1S/C19H17ClN4O/c1-12-4-3-5-15(8-12)23-18-10-17(21-11-22-18)19(25)24-16-9-14(20)7-6-13(16)2/h3-11H,1-2H3,(H,24,25)(H,21,22,23). The van der Waals surface area contributed by atoms with E-state index in [1.54, 1.807) is 18.2 Å². The molecule has 1 aromatic heterocycles. The van der Waals surface area contributed by atoms with E-state index in [-0.39, 0.29) is 11.6 Å². The molecule has 0 aliphatic rings. The van der Waals surface area contributed by atoms with Gasteiger partial charge in [0.2, 0.25) is 0 Å². The van der Waals surface area contributed by atoms with E-state index >= 15 is 0 Å². The maximum Gasteiger partial charge on any atom is 0.274 e. The van der Waals surface area contributed by atoms with Crippen LogP contribution >= 0.6 is 11.6 Å². The van der Waals surface area contributed by atoms with E-state index in [0.717, 1.165) is 16.8 Å². The zero-order chi connectivity index (χ0) is 17.8. The molecule has 0 unspecified atom stereocenters. The number of carbonyl (C=O) groups is 1. The van der Waals surface area contributed by atoms with Crippen LogP contribution in [-0.4, -0.2) is 15.9 Å². The first-order valence-electron chi connectivity index (χ1n) is 7.74. The van der Waals surface area contributed by atoms with Crippen LogP contribution in [0.1, 0.15) is 21.6 Å². The fourth-order valence-electron chi connectivity index (χ4n) is 2.34. The summed E-state index contributed by atoms with van der Waals surface area (Å²) in [5.41, 5.74) is 3.88. The molecule has 0 aliphatic carbocycles. The number of carbonyl (C=O) groups excluding carboxylic acids is 1. The van der Waals surface area contributed by atoms with Crippen LogP contribution < -0.4 is 10.6 Å². The summed E-state index contributed by atoms with van der Waals surface area (Å²) in [6.07, 6.45) is 1.36. The van der Waals surface area contributed by atoms with Crippen molar-refractivity contribution < 1.29 is 4.79 Å². The largest absolute Gasteiger partial charge is 0.340 e. The van der Waals surface area contributed by atoms with Crippen LogP contribution in [0.5, 0.6) is 0 Å². The lowest BCUT2D eigenvalue weighted by molar-refractivity contribution is 0.102. The molecule has 0 fully saturated rings. The van der Waals surface area contributed by atoms with E-state index in [9.17, 15) is 4.79 Å². The Morgan fingerprint density at radius 1 is 1.04 bits per heavy atom. The zero-order valence-corrected chi connectivity index (χ0v) is 14.6. The van der Waals surface area contributed by atoms with E-state index in [0.29, 0.717) is 16.5 Å². The van der Waals surface area contributed by atoms with Crippen molar-refractivity contribution in [3.63, 3.8) is 0 Å². The van der Waals surface area contributed by atoms with Crippen LogP contribution in [0, 0.1) is 13.8 Å². The van der Waals surface area contributed by atoms with Crippen molar-refractivity contribution in [3.8, 4) is 0 Å². The summed E-state index contributed by atoms with van der Waals surface area (Å²) in [6.45, 7) is 3.91. The normalized spacial score (nSPS) is 10.4. The molecule has 0 saturated heterocycles. The van der Waals surface area contributed by atoms with Crippen molar-refractivity contribution in [3.05, 3.63) is 76.7 Å². The molecule has 0 spiro atoms. The highest BCUT2D eigenvalue weighted by atomic mass is 35.5. The summed E-state index contributed by atoms with van der Waals surface area (Å²) >= 11 is 5.99. The molecule has 126 valence electrons. The van der Waals surface area contributed by atoms with Gasteiger partial charge in [-0.15, -0.1) is 0 Å². The number of halogens is 1. The highest BCUT2D eigenvalue weighted by molar-refractivity contribution is 6.31. The number of nitrogens with one attached hydrogen (secondary N) is 2. The molecule has 0 radical (unpaired) electrons. The van der Waals surface area contributed by atoms with Crippen molar-refractivity contribution in [2.45, 2.75) is 13.8 Å². The quantitative estimate of drug-likeness (QED) is 0.711. The van der Waals surface area contributed by atoms with Gasteiger partial charge in [0.1, 0.15) is 17.8 Å². The first-order chi connectivity index (χ1) is 12.0. The average Bonchev–Trinajstić information content (AvgIpc) is 2.58. The van der Waals surface area contributed by atoms with Crippen LogP contribution in [0.15, 0.2) is 54.9 Å². The third-order valence-electron chi connectivity index (χ3n) is 3.64. The fraction of sp³-hybridized carbons (Fsp3) is 0.105. The smallest absolute Gasteiger partial charge is 0.274 e. The van der Waals surface area contributed by atoms with Gasteiger partial charge in [0.05, 0.1) is 0 Å². The Morgan fingerprint density at radius 3 is 2.68 bits per heavy atom.